The molecule has 3 N–H and O–H groups in total. The molecule has 1 aromatic rings. The quantitative estimate of drug-likeness (QED) is 0.762. The van der Waals surface area contributed by atoms with Gasteiger partial charge in [-0.25, -0.2) is 0 Å². The second kappa shape index (κ2) is 8.29. The average Bonchev–Trinajstić information content (AvgIpc) is 2.31. The Morgan fingerprint density at radius 2 is 1.82 bits per heavy atom. The first-order valence-electron chi connectivity index (χ1n) is 5.06. The number of carbonyl (C=O) groups is 2. The molecule has 0 spiro atoms. The number of carboxylic acid groups (broad SMARTS) is 1. The number of carboxylic acids is 1. The number of rotatable bonds is 3. The first-order valence-corrected chi connectivity index (χ1v) is 5.06. The number of hydrogen-bond donors (Lipinski definition) is 2. The van der Waals surface area contributed by atoms with E-state index in [1.807, 2.05) is 30.3 Å². The molecule has 1 aromatic carbocycles. The highest BCUT2D eigenvalue weighted by Crippen LogP contribution is 1.99. The monoisotopic (exact) mass is 239 g/mol. The van der Waals surface area contributed by atoms with Crippen LogP contribution < -0.4 is 5.73 Å². The molecule has 0 aliphatic rings. The molecule has 1 rings (SSSR count). The summed E-state index contributed by atoms with van der Waals surface area (Å²) >= 11 is 0. The molecule has 1 unspecified atom stereocenters. The maximum absolute atomic E-state index is 10.8. The predicted octanol–water partition coefficient (Wildman–Crippen LogP) is 0.820. The predicted molar refractivity (Wildman–Crippen MR) is 63.4 cm³/mol. The molecule has 0 radical (unpaired) electrons. The van der Waals surface area contributed by atoms with Gasteiger partial charge in [0, 0.05) is 0 Å². The molecule has 0 aromatic heterocycles. The van der Waals surface area contributed by atoms with Crippen molar-refractivity contribution in [1.82, 2.24) is 0 Å². The van der Waals surface area contributed by atoms with Gasteiger partial charge in [-0.3, -0.25) is 9.59 Å². The van der Waals surface area contributed by atoms with Gasteiger partial charge in [-0.15, -0.1) is 0 Å². The van der Waals surface area contributed by atoms with Gasteiger partial charge in [-0.05, 0) is 12.5 Å². The van der Waals surface area contributed by atoms with Crippen LogP contribution in [0.5, 0.6) is 0 Å². The Kier molecular flexibility index (Phi) is 7.38. The molecule has 0 aliphatic carbocycles. The molecule has 94 valence electrons. The molecule has 0 aliphatic heterocycles. The minimum atomic E-state index is -0.963. The molecule has 1 atom stereocenters. The van der Waals surface area contributed by atoms with Crippen molar-refractivity contribution >= 4 is 11.9 Å². The van der Waals surface area contributed by atoms with Crippen molar-refractivity contribution in [2.75, 3.05) is 7.11 Å². The van der Waals surface area contributed by atoms with Gasteiger partial charge in [-0.2, -0.15) is 0 Å². The summed E-state index contributed by atoms with van der Waals surface area (Å²) < 4.78 is 4.52. The topological polar surface area (TPSA) is 89.6 Å². The second-order valence-corrected chi connectivity index (χ2v) is 3.37. The average molecular weight is 239 g/mol. The van der Waals surface area contributed by atoms with E-state index in [-0.39, 0.29) is 5.97 Å². The van der Waals surface area contributed by atoms with E-state index >= 15 is 0 Å². The summed E-state index contributed by atoms with van der Waals surface area (Å²) in [6.45, 7) is 1.42. The number of methoxy groups -OCH3 is 1. The van der Waals surface area contributed by atoms with Crippen molar-refractivity contribution in [3.63, 3.8) is 0 Å². The van der Waals surface area contributed by atoms with Crippen molar-refractivity contribution in [3.05, 3.63) is 35.9 Å². The summed E-state index contributed by atoms with van der Waals surface area (Å²) in [5.41, 5.74) is 5.82. The molecular weight excluding hydrogens is 222 g/mol. The number of aliphatic carboxylic acids is 1. The molecule has 0 saturated carbocycles. The first kappa shape index (κ1) is 15.1. The molecule has 0 bridgehead atoms. The normalized spacial score (nSPS) is 10.8. The van der Waals surface area contributed by atoms with E-state index < -0.39 is 12.0 Å². The van der Waals surface area contributed by atoms with Crippen molar-refractivity contribution in [1.29, 1.82) is 0 Å². The third kappa shape index (κ3) is 7.98. The number of ether oxygens (including phenoxy) is 1. The fourth-order valence-electron chi connectivity index (χ4n) is 0.835. The largest absolute Gasteiger partial charge is 0.480 e. The first-order chi connectivity index (χ1) is 7.97. The summed E-state index contributed by atoms with van der Waals surface area (Å²) in [6, 6.07) is 8.79. The fourth-order valence-corrected chi connectivity index (χ4v) is 0.835. The van der Waals surface area contributed by atoms with Gasteiger partial charge >= 0.3 is 11.9 Å². The standard InChI is InChI=1S/C9H10O2.C3H7NO2/c1-11-9(10)7-8-5-3-2-4-6-8;1-2(4)3(5)6/h2-6H,7H2,1H3;2H,4H2,1H3,(H,5,6). The molecule has 5 nitrogen and oxygen atoms in total. The number of esters is 1. The lowest BCUT2D eigenvalue weighted by atomic mass is 10.2. The highest BCUT2D eigenvalue weighted by molar-refractivity contribution is 5.72. The SMILES string of the molecule is CC(N)C(=O)O.COC(=O)Cc1ccccc1. The van der Waals surface area contributed by atoms with Crippen LogP contribution >= 0.6 is 0 Å². The van der Waals surface area contributed by atoms with E-state index in [4.69, 9.17) is 10.8 Å². The Labute approximate surface area is 100 Å². The van der Waals surface area contributed by atoms with Crippen LogP contribution in [0.4, 0.5) is 0 Å². The van der Waals surface area contributed by atoms with Crippen LogP contribution in [0.3, 0.4) is 0 Å². The molecule has 0 amide bonds. The highest BCUT2D eigenvalue weighted by atomic mass is 16.5. The summed E-state index contributed by atoms with van der Waals surface area (Å²) in [7, 11) is 1.39. The lowest BCUT2D eigenvalue weighted by Crippen LogP contribution is -2.25. The third-order valence-electron chi connectivity index (χ3n) is 1.81. The van der Waals surface area contributed by atoms with Gasteiger partial charge in [0.05, 0.1) is 13.5 Å². The number of carbonyl (C=O) groups excluding carboxylic acids is 1. The zero-order valence-corrected chi connectivity index (χ0v) is 9.92. The molecule has 5 heteroatoms. The van der Waals surface area contributed by atoms with E-state index in [1.54, 1.807) is 0 Å². The van der Waals surface area contributed by atoms with Crippen molar-refractivity contribution in [3.8, 4) is 0 Å². The van der Waals surface area contributed by atoms with Gasteiger partial charge in [0.1, 0.15) is 6.04 Å². The van der Waals surface area contributed by atoms with Crippen molar-refractivity contribution < 1.29 is 19.4 Å². The van der Waals surface area contributed by atoms with Crippen LogP contribution in [-0.2, 0) is 20.7 Å². The van der Waals surface area contributed by atoms with Crippen molar-refractivity contribution in [2.45, 2.75) is 19.4 Å². The smallest absolute Gasteiger partial charge is 0.320 e. The maximum Gasteiger partial charge on any atom is 0.320 e. The van der Waals surface area contributed by atoms with E-state index in [2.05, 4.69) is 4.74 Å². The molecule has 0 fully saturated rings. The lowest BCUT2D eigenvalue weighted by Gasteiger charge is -1.97. The minimum absolute atomic E-state index is 0.198. The summed E-state index contributed by atoms with van der Waals surface area (Å²) in [5.74, 6) is -1.16. The summed E-state index contributed by atoms with van der Waals surface area (Å²) in [5, 5.41) is 7.87. The number of nitrogens with two attached hydrogens (primary N) is 1. The van der Waals surface area contributed by atoms with Crippen LogP contribution in [0.1, 0.15) is 12.5 Å². The van der Waals surface area contributed by atoms with Gasteiger partial charge in [0.15, 0.2) is 0 Å². The Bertz CT molecular complexity index is 349. The molecule has 0 heterocycles. The lowest BCUT2D eigenvalue weighted by molar-refractivity contribution is -0.140. The van der Waals surface area contributed by atoms with Crippen LogP contribution in [0, 0.1) is 0 Å². The highest BCUT2D eigenvalue weighted by Gasteiger charge is 2.00. The zero-order chi connectivity index (χ0) is 13.3. The van der Waals surface area contributed by atoms with Crippen LogP contribution in [0.25, 0.3) is 0 Å². The Morgan fingerprint density at radius 1 is 1.35 bits per heavy atom. The third-order valence-corrected chi connectivity index (χ3v) is 1.81. The fraction of sp³-hybridized carbons (Fsp3) is 0.333. The maximum atomic E-state index is 10.8. The van der Waals surface area contributed by atoms with Gasteiger partial charge in [0.2, 0.25) is 0 Å². The van der Waals surface area contributed by atoms with Crippen LogP contribution in [0.2, 0.25) is 0 Å². The summed E-state index contributed by atoms with van der Waals surface area (Å²) in [4.78, 5) is 20.3. The van der Waals surface area contributed by atoms with E-state index in [9.17, 15) is 9.59 Å². The van der Waals surface area contributed by atoms with E-state index in [0.717, 1.165) is 5.56 Å². The Balaban J connectivity index is 0.000000366. The molecule has 0 saturated heterocycles. The number of benzene rings is 1. The minimum Gasteiger partial charge on any atom is -0.480 e. The molecule has 17 heavy (non-hydrogen) atoms. The second-order valence-electron chi connectivity index (χ2n) is 3.37. The summed E-state index contributed by atoms with van der Waals surface area (Å²) in [6.07, 6.45) is 0.358. The van der Waals surface area contributed by atoms with E-state index in [1.165, 1.54) is 14.0 Å². The van der Waals surface area contributed by atoms with Gasteiger partial charge in [0.25, 0.3) is 0 Å². The number of hydrogen-bond acceptors (Lipinski definition) is 4. The zero-order valence-electron chi connectivity index (χ0n) is 9.92. The van der Waals surface area contributed by atoms with Crippen LogP contribution in [0.15, 0.2) is 30.3 Å². The Morgan fingerprint density at radius 3 is 2.18 bits per heavy atom. The Hall–Kier alpha value is -1.88. The van der Waals surface area contributed by atoms with Crippen molar-refractivity contribution in [2.24, 2.45) is 5.73 Å². The van der Waals surface area contributed by atoms with Crippen LogP contribution in [-0.4, -0.2) is 30.2 Å². The van der Waals surface area contributed by atoms with Gasteiger partial charge < -0.3 is 15.6 Å². The molecular formula is C12H17NO4. The van der Waals surface area contributed by atoms with E-state index in [0.29, 0.717) is 6.42 Å². The van der Waals surface area contributed by atoms with Gasteiger partial charge in [-0.1, -0.05) is 30.3 Å².